The normalized spacial score (nSPS) is 17.6. The average molecular weight is 384 g/mol. The minimum absolute atomic E-state index is 0.0421. The Labute approximate surface area is 165 Å². The van der Waals surface area contributed by atoms with Crippen LogP contribution in [0.15, 0.2) is 23.3 Å². The summed E-state index contributed by atoms with van der Waals surface area (Å²) in [5.74, 6) is 0.740. The molecule has 2 aromatic rings. The molecular formula is C20H29N7O. The largest absolute Gasteiger partial charge is 0.347 e. The molecule has 0 unspecified atom stereocenters. The smallest absolute Gasteiger partial charge is 0.267 e. The highest BCUT2D eigenvalue weighted by molar-refractivity contribution is 5.26. The third-order valence-electron chi connectivity index (χ3n) is 5.61. The standard InChI is InChI=1S/C20H29N7O/c1-24(2)20-21-13-16(14-22-20)15-26-8-6-25(7-9-26)10-11-27-19(28)12-17-4-3-5-18(17)23-27/h12-14H,3-11,15H2,1-2H3. The average Bonchev–Trinajstić information content (AvgIpc) is 3.15. The van der Waals surface area contributed by atoms with Gasteiger partial charge < -0.3 is 4.90 Å². The van der Waals surface area contributed by atoms with Crippen LogP contribution in [0.3, 0.4) is 0 Å². The minimum Gasteiger partial charge on any atom is -0.347 e. The molecule has 0 atom stereocenters. The summed E-state index contributed by atoms with van der Waals surface area (Å²) < 4.78 is 1.65. The van der Waals surface area contributed by atoms with E-state index in [2.05, 4.69) is 24.9 Å². The van der Waals surface area contributed by atoms with Crippen molar-refractivity contribution in [2.45, 2.75) is 32.4 Å². The zero-order valence-electron chi connectivity index (χ0n) is 16.8. The maximum Gasteiger partial charge on any atom is 0.267 e. The molecule has 0 spiro atoms. The SMILES string of the molecule is CN(C)c1ncc(CN2CCN(CCn3nc4c(cc3=O)CCC4)CC2)cn1. The van der Waals surface area contributed by atoms with Crippen LogP contribution in [0.2, 0.25) is 0 Å². The molecule has 8 heteroatoms. The van der Waals surface area contributed by atoms with E-state index in [1.54, 1.807) is 10.7 Å². The monoisotopic (exact) mass is 383 g/mol. The third kappa shape index (κ3) is 4.39. The highest BCUT2D eigenvalue weighted by atomic mass is 16.1. The van der Waals surface area contributed by atoms with Gasteiger partial charge in [0.15, 0.2) is 0 Å². The minimum atomic E-state index is 0.0421. The quantitative estimate of drug-likeness (QED) is 0.715. The molecule has 1 aliphatic carbocycles. The fourth-order valence-corrected chi connectivity index (χ4v) is 3.93. The fourth-order valence-electron chi connectivity index (χ4n) is 3.93. The first-order valence-electron chi connectivity index (χ1n) is 10.1. The topological polar surface area (TPSA) is 70.4 Å². The Morgan fingerprint density at radius 3 is 2.43 bits per heavy atom. The highest BCUT2D eigenvalue weighted by Crippen LogP contribution is 2.17. The molecule has 0 aromatic carbocycles. The van der Waals surface area contributed by atoms with Crippen LogP contribution in [-0.2, 0) is 25.9 Å². The van der Waals surface area contributed by atoms with Crippen molar-refractivity contribution in [3.63, 3.8) is 0 Å². The first-order chi connectivity index (χ1) is 13.6. The molecular weight excluding hydrogens is 354 g/mol. The van der Waals surface area contributed by atoms with Gasteiger partial charge >= 0.3 is 0 Å². The molecule has 2 aromatic heterocycles. The van der Waals surface area contributed by atoms with Crippen LogP contribution >= 0.6 is 0 Å². The maximum atomic E-state index is 12.2. The Bertz CT molecular complexity index is 854. The molecule has 0 N–H and O–H groups in total. The molecule has 150 valence electrons. The van der Waals surface area contributed by atoms with Crippen LogP contribution in [-0.4, -0.2) is 76.4 Å². The molecule has 1 fully saturated rings. The Morgan fingerprint density at radius 1 is 1.00 bits per heavy atom. The second-order valence-electron chi connectivity index (χ2n) is 7.93. The van der Waals surface area contributed by atoms with Crippen molar-refractivity contribution >= 4 is 5.95 Å². The number of aryl methyl sites for hydroxylation is 2. The van der Waals surface area contributed by atoms with E-state index in [-0.39, 0.29) is 5.56 Å². The second kappa shape index (κ2) is 8.36. The van der Waals surface area contributed by atoms with E-state index < -0.39 is 0 Å². The van der Waals surface area contributed by atoms with E-state index in [0.29, 0.717) is 6.54 Å². The van der Waals surface area contributed by atoms with Crippen molar-refractivity contribution in [3.8, 4) is 0 Å². The van der Waals surface area contributed by atoms with Gasteiger partial charge in [0, 0.05) is 77.4 Å². The summed E-state index contributed by atoms with van der Waals surface area (Å²) in [7, 11) is 3.89. The predicted molar refractivity (Wildman–Crippen MR) is 109 cm³/mol. The van der Waals surface area contributed by atoms with E-state index in [0.717, 1.165) is 81.3 Å². The first kappa shape index (κ1) is 19.0. The first-order valence-corrected chi connectivity index (χ1v) is 10.1. The van der Waals surface area contributed by atoms with Gasteiger partial charge in [-0.1, -0.05) is 0 Å². The van der Waals surface area contributed by atoms with E-state index in [9.17, 15) is 4.79 Å². The van der Waals surface area contributed by atoms with Crippen molar-refractivity contribution < 1.29 is 0 Å². The van der Waals surface area contributed by atoms with Gasteiger partial charge in [0.1, 0.15) is 0 Å². The second-order valence-corrected chi connectivity index (χ2v) is 7.93. The number of rotatable bonds is 6. The molecule has 0 radical (unpaired) electrons. The molecule has 1 aliphatic heterocycles. The third-order valence-corrected chi connectivity index (χ3v) is 5.61. The molecule has 0 bridgehead atoms. The van der Waals surface area contributed by atoms with Crippen molar-refractivity contribution in [1.29, 1.82) is 0 Å². The Hall–Kier alpha value is -2.32. The van der Waals surface area contributed by atoms with Crippen LogP contribution in [0.4, 0.5) is 5.95 Å². The Balaban J connectivity index is 1.25. The summed E-state index contributed by atoms with van der Waals surface area (Å²) in [6.07, 6.45) is 6.97. The van der Waals surface area contributed by atoms with Gasteiger partial charge in [-0.2, -0.15) is 5.10 Å². The summed E-state index contributed by atoms with van der Waals surface area (Å²) >= 11 is 0. The van der Waals surface area contributed by atoms with Crippen LogP contribution in [0, 0.1) is 0 Å². The molecule has 28 heavy (non-hydrogen) atoms. The van der Waals surface area contributed by atoms with Crippen LogP contribution in [0.1, 0.15) is 23.2 Å². The summed E-state index contributed by atoms with van der Waals surface area (Å²) in [5.41, 5.74) is 3.46. The van der Waals surface area contributed by atoms with E-state index >= 15 is 0 Å². The molecule has 3 heterocycles. The van der Waals surface area contributed by atoms with Gasteiger partial charge in [0.2, 0.25) is 5.95 Å². The lowest BCUT2D eigenvalue weighted by Gasteiger charge is -2.34. The van der Waals surface area contributed by atoms with Gasteiger partial charge in [-0.3, -0.25) is 14.6 Å². The fraction of sp³-hybridized carbons (Fsp3) is 0.600. The van der Waals surface area contributed by atoms with Crippen molar-refractivity contribution in [2.75, 3.05) is 51.7 Å². The van der Waals surface area contributed by atoms with E-state index in [4.69, 9.17) is 0 Å². The summed E-state index contributed by atoms with van der Waals surface area (Å²) in [5, 5.41) is 4.58. The van der Waals surface area contributed by atoms with Crippen LogP contribution < -0.4 is 10.5 Å². The van der Waals surface area contributed by atoms with Crippen LogP contribution in [0.5, 0.6) is 0 Å². The summed E-state index contributed by atoms with van der Waals surface area (Å²) in [6.45, 7) is 6.48. The molecule has 1 saturated heterocycles. The van der Waals surface area contributed by atoms with Gasteiger partial charge in [0.05, 0.1) is 12.2 Å². The molecule has 2 aliphatic rings. The van der Waals surface area contributed by atoms with Crippen molar-refractivity contribution in [1.82, 2.24) is 29.5 Å². The highest BCUT2D eigenvalue weighted by Gasteiger charge is 2.19. The lowest BCUT2D eigenvalue weighted by Crippen LogP contribution is -2.47. The molecule has 4 rings (SSSR count). The number of anilines is 1. The number of piperazine rings is 1. The lowest BCUT2D eigenvalue weighted by molar-refractivity contribution is 0.122. The molecule has 0 amide bonds. The molecule has 8 nitrogen and oxygen atoms in total. The predicted octanol–water partition coefficient (Wildman–Crippen LogP) is 0.406. The Morgan fingerprint density at radius 2 is 1.71 bits per heavy atom. The van der Waals surface area contributed by atoms with Gasteiger partial charge in [0.25, 0.3) is 5.56 Å². The van der Waals surface area contributed by atoms with Gasteiger partial charge in [-0.15, -0.1) is 0 Å². The van der Waals surface area contributed by atoms with Crippen molar-refractivity contribution in [3.05, 3.63) is 45.6 Å². The van der Waals surface area contributed by atoms with Crippen LogP contribution in [0.25, 0.3) is 0 Å². The number of fused-ring (bicyclic) bond motifs is 1. The number of hydrogen-bond acceptors (Lipinski definition) is 7. The zero-order chi connectivity index (χ0) is 19.5. The summed E-state index contributed by atoms with van der Waals surface area (Å²) in [6, 6.07) is 1.79. The Kier molecular flexibility index (Phi) is 5.68. The molecule has 0 saturated carbocycles. The van der Waals surface area contributed by atoms with E-state index in [1.165, 1.54) is 0 Å². The zero-order valence-corrected chi connectivity index (χ0v) is 16.8. The van der Waals surface area contributed by atoms with Gasteiger partial charge in [-0.25, -0.2) is 14.6 Å². The maximum absolute atomic E-state index is 12.2. The number of nitrogens with zero attached hydrogens (tertiary/aromatic N) is 7. The number of aromatic nitrogens is 4. The lowest BCUT2D eigenvalue weighted by atomic mass is 10.2. The van der Waals surface area contributed by atoms with Crippen molar-refractivity contribution in [2.24, 2.45) is 0 Å². The van der Waals surface area contributed by atoms with Gasteiger partial charge in [-0.05, 0) is 24.8 Å². The number of hydrogen-bond donors (Lipinski definition) is 0. The van der Waals surface area contributed by atoms with E-state index in [1.807, 2.05) is 31.4 Å². The summed E-state index contributed by atoms with van der Waals surface area (Å²) in [4.78, 5) is 27.8.